The van der Waals surface area contributed by atoms with Crippen LogP contribution in [0, 0.1) is 11.8 Å². The number of carbonyl (C=O) groups is 2. The van der Waals surface area contributed by atoms with Crippen LogP contribution >= 0.6 is 27.7 Å². The lowest BCUT2D eigenvalue weighted by molar-refractivity contribution is -0.119. The second-order valence-electron chi connectivity index (χ2n) is 6.59. The largest absolute Gasteiger partial charge is 0.287 e. The maximum Gasteiger partial charge on any atom is 0.287 e. The fraction of sp³-hybridized carbons (Fsp3) is 0.0909. The number of imide groups is 1. The highest BCUT2D eigenvalue weighted by atomic mass is 79.9. The molecule has 0 aromatic heterocycles. The van der Waals surface area contributed by atoms with Crippen molar-refractivity contribution in [2.45, 2.75) is 15.4 Å². The highest BCUT2D eigenvalue weighted by molar-refractivity contribution is 9.10. The SMILES string of the molecule is O=C1NC(=O)C(CC#Cc2ccc(Br)cc2)(S(=O)(=O)c2ccc3ccccc3c2)S1. The van der Waals surface area contributed by atoms with Crippen molar-refractivity contribution >= 4 is 59.4 Å². The third kappa shape index (κ3) is 3.65. The fourth-order valence-electron chi connectivity index (χ4n) is 3.12. The van der Waals surface area contributed by atoms with Crippen LogP contribution < -0.4 is 5.32 Å². The first kappa shape index (κ1) is 20.7. The Morgan fingerprint density at radius 1 is 0.967 bits per heavy atom. The first-order valence-electron chi connectivity index (χ1n) is 8.84. The van der Waals surface area contributed by atoms with E-state index < -0.39 is 25.1 Å². The Kier molecular flexibility index (Phi) is 5.45. The summed E-state index contributed by atoms with van der Waals surface area (Å²) in [4.78, 5) is 24.6. The lowest BCUT2D eigenvalue weighted by Crippen LogP contribution is -2.43. The van der Waals surface area contributed by atoms with Gasteiger partial charge in [0.25, 0.3) is 11.1 Å². The molecule has 4 rings (SSSR count). The Balaban J connectivity index is 1.77. The molecular weight excluding hydrogens is 486 g/mol. The molecule has 3 aromatic carbocycles. The van der Waals surface area contributed by atoms with Gasteiger partial charge in [0.2, 0.25) is 13.9 Å². The number of fused-ring (bicyclic) bond motifs is 1. The normalized spacial score (nSPS) is 18.7. The summed E-state index contributed by atoms with van der Waals surface area (Å²) >= 11 is 3.81. The number of halogens is 1. The zero-order valence-electron chi connectivity index (χ0n) is 15.4. The molecule has 5 nitrogen and oxygen atoms in total. The lowest BCUT2D eigenvalue weighted by atomic mass is 10.1. The molecule has 150 valence electrons. The smallest absolute Gasteiger partial charge is 0.285 e. The Morgan fingerprint density at radius 2 is 1.67 bits per heavy atom. The van der Waals surface area contributed by atoms with E-state index in [9.17, 15) is 18.0 Å². The van der Waals surface area contributed by atoms with E-state index in [1.165, 1.54) is 12.1 Å². The van der Waals surface area contributed by atoms with Gasteiger partial charge < -0.3 is 0 Å². The standard InChI is InChI=1S/C22H14BrNO4S2/c23-18-10-7-15(8-11-18)4-3-13-22(20(25)24-21(26)29-22)30(27,28)19-12-9-16-5-1-2-6-17(16)14-19/h1-2,5-12,14H,13H2,(H,24,25,26). The topological polar surface area (TPSA) is 80.3 Å². The Bertz CT molecular complexity index is 1340. The van der Waals surface area contributed by atoms with Crippen molar-refractivity contribution in [2.75, 3.05) is 0 Å². The van der Waals surface area contributed by atoms with Crippen LogP contribution in [0.15, 0.2) is 76.1 Å². The predicted molar refractivity (Wildman–Crippen MR) is 121 cm³/mol. The lowest BCUT2D eigenvalue weighted by Gasteiger charge is -2.22. The quantitative estimate of drug-likeness (QED) is 0.536. The van der Waals surface area contributed by atoms with Crippen LogP contribution in [-0.4, -0.2) is 23.6 Å². The van der Waals surface area contributed by atoms with Gasteiger partial charge in [-0.05, 0) is 58.9 Å². The zero-order chi connectivity index (χ0) is 21.4. The van der Waals surface area contributed by atoms with E-state index in [4.69, 9.17) is 0 Å². The summed E-state index contributed by atoms with van der Waals surface area (Å²) in [5.41, 5.74) is 0.672. The van der Waals surface area contributed by atoms with Gasteiger partial charge in [-0.1, -0.05) is 58.1 Å². The van der Waals surface area contributed by atoms with Gasteiger partial charge in [-0.3, -0.25) is 14.9 Å². The van der Waals surface area contributed by atoms with Crippen LogP contribution in [0.3, 0.4) is 0 Å². The molecule has 1 atom stereocenters. The molecule has 3 aromatic rings. The number of carbonyl (C=O) groups excluding carboxylic acids is 2. The van der Waals surface area contributed by atoms with Crippen molar-refractivity contribution < 1.29 is 18.0 Å². The van der Waals surface area contributed by atoms with E-state index in [2.05, 4.69) is 33.1 Å². The predicted octanol–water partition coefficient (Wildman–Crippen LogP) is 4.50. The molecule has 2 amide bonds. The zero-order valence-corrected chi connectivity index (χ0v) is 18.6. The minimum Gasteiger partial charge on any atom is -0.285 e. The average molecular weight is 500 g/mol. The number of hydrogen-bond acceptors (Lipinski definition) is 5. The third-order valence-electron chi connectivity index (χ3n) is 4.68. The number of benzene rings is 3. The minimum absolute atomic E-state index is 0.0241. The molecule has 30 heavy (non-hydrogen) atoms. The second-order valence-corrected chi connectivity index (χ2v) is 11.2. The van der Waals surface area contributed by atoms with Crippen LogP contribution in [-0.2, 0) is 14.6 Å². The summed E-state index contributed by atoms with van der Waals surface area (Å²) in [5, 5.41) is 3.01. The van der Waals surface area contributed by atoms with E-state index in [0.717, 1.165) is 15.2 Å². The van der Waals surface area contributed by atoms with Gasteiger partial charge in [-0.15, -0.1) is 0 Å². The summed E-state index contributed by atoms with van der Waals surface area (Å²) < 4.78 is 25.9. The first-order chi connectivity index (χ1) is 14.3. The molecule has 1 N–H and O–H groups in total. The Hall–Kier alpha value is -2.60. The fourth-order valence-corrected chi connectivity index (χ4v) is 6.54. The van der Waals surface area contributed by atoms with Gasteiger partial charge in [0, 0.05) is 16.5 Å². The first-order valence-corrected chi connectivity index (χ1v) is 11.9. The molecule has 0 aliphatic carbocycles. The Morgan fingerprint density at radius 3 is 2.33 bits per heavy atom. The molecular formula is C22H14BrNO4S2. The number of rotatable bonds is 3. The second kappa shape index (κ2) is 7.91. The van der Waals surface area contributed by atoms with Crippen molar-refractivity contribution in [2.24, 2.45) is 0 Å². The molecule has 1 aliphatic heterocycles. The van der Waals surface area contributed by atoms with Gasteiger partial charge in [-0.2, -0.15) is 0 Å². The Labute approximate surface area is 186 Å². The van der Waals surface area contributed by atoms with Gasteiger partial charge in [0.1, 0.15) is 0 Å². The van der Waals surface area contributed by atoms with E-state index >= 15 is 0 Å². The summed E-state index contributed by atoms with van der Waals surface area (Å²) in [6.07, 6.45) is -0.319. The molecule has 1 unspecified atom stereocenters. The van der Waals surface area contributed by atoms with Crippen molar-refractivity contribution in [3.63, 3.8) is 0 Å². The number of thioether (sulfide) groups is 1. The van der Waals surface area contributed by atoms with Crippen molar-refractivity contribution in [1.82, 2.24) is 5.32 Å². The van der Waals surface area contributed by atoms with Crippen LogP contribution in [0.5, 0.6) is 0 Å². The van der Waals surface area contributed by atoms with Gasteiger partial charge in [-0.25, -0.2) is 8.42 Å². The number of nitrogens with one attached hydrogen (secondary N) is 1. The highest BCUT2D eigenvalue weighted by Crippen LogP contribution is 2.43. The maximum atomic E-state index is 13.5. The molecule has 1 saturated heterocycles. The number of hydrogen-bond donors (Lipinski definition) is 1. The van der Waals surface area contributed by atoms with Crippen LogP contribution in [0.2, 0.25) is 0 Å². The summed E-state index contributed by atoms with van der Waals surface area (Å²) in [7, 11) is -4.21. The van der Waals surface area contributed by atoms with E-state index in [1.54, 1.807) is 30.3 Å². The maximum absolute atomic E-state index is 13.5. The summed E-state index contributed by atoms with van der Waals surface area (Å²) in [6.45, 7) is 0. The molecule has 1 heterocycles. The van der Waals surface area contributed by atoms with Crippen LogP contribution in [0.25, 0.3) is 10.8 Å². The molecule has 0 bridgehead atoms. The van der Waals surface area contributed by atoms with E-state index in [0.29, 0.717) is 17.3 Å². The molecule has 0 saturated carbocycles. The highest BCUT2D eigenvalue weighted by Gasteiger charge is 2.58. The average Bonchev–Trinajstić information content (AvgIpc) is 3.03. The van der Waals surface area contributed by atoms with E-state index in [-0.39, 0.29) is 11.3 Å². The molecule has 8 heteroatoms. The molecule has 1 aliphatic rings. The van der Waals surface area contributed by atoms with Crippen molar-refractivity contribution in [3.8, 4) is 11.8 Å². The number of amides is 2. The van der Waals surface area contributed by atoms with Crippen molar-refractivity contribution in [1.29, 1.82) is 0 Å². The number of sulfone groups is 1. The summed E-state index contributed by atoms with van der Waals surface area (Å²) in [5.74, 6) is 4.80. The van der Waals surface area contributed by atoms with Gasteiger partial charge >= 0.3 is 0 Å². The van der Waals surface area contributed by atoms with Crippen LogP contribution in [0.4, 0.5) is 4.79 Å². The van der Waals surface area contributed by atoms with Crippen LogP contribution in [0.1, 0.15) is 12.0 Å². The van der Waals surface area contributed by atoms with Crippen molar-refractivity contribution in [3.05, 3.63) is 76.8 Å². The van der Waals surface area contributed by atoms with Gasteiger partial charge in [0.05, 0.1) is 4.90 Å². The summed E-state index contributed by atoms with van der Waals surface area (Å²) in [6, 6.07) is 19.1. The minimum atomic E-state index is -4.21. The van der Waals surface area contributed by atoms with E-state index in [1.807, 2.05) is 24.3 Å². The third-order valence-corrected chi connectivity index (χ3v) is 9.14. The monoisotopic (exact) mass is 499 g/mol. The molecule has 0 spiro atoms. The molecule has 1 fully saturated rings. The molecule has 0 radical (unpaired) electrons. The van der Waals surface area contributed by atoms with Gasteiger partial charge in [0.15, 0.2) is 0 Å².